The van der Waals surface area contributed by atoms with Crippen LogP contribution in [0.3, 0.4) is 0 Å². The number of anilines is 1. The molecule has 3 aromatic rings. The van der Waals surface area contributed by atoms with E-state index in [1.165, 1.54) is 24.3 Å². The average Bonchev–Trinajstić information content (AvgIpc) is 2.79. The first-order chi connectivity index (χ1) is 15.9. The molecule has 2 N–H and O–H groups in total. The van der Waals surface area contributed by atoms with Crippen molar-refractivity contribution in [3.63, 3.8) is 0 Å². The van der Waals surface area contributed by atoms with E-state index in [-0.39, 0.29) is 17.9 Å². The molecule has 0 aliphatic heterocycles. The number of nitrogens with zero attached hydrogens (tertiary/aromatic N) is 2. The minimum absolute atomic E-state index is 0.00820. The van der Waals surface area contributed by atoms with E-state index in [4.69, 9.17) is 14.6 Å². The zero-order valence-electron chi connectivity index (χ0n) is 17.5. The molecule has 170 valence electrons. The number of hydrogen-bond acceptors (Lipinski definition) is 7. The third-order valence-electron chi connectivity index (χ3n) is 4.40. The molecule has 0 saturated heterocycles. The van der Waals surface area contributed by atoms with Crippen LogP contribution >= 0.6 is 22.6 Å². The molecule has 0 radical (unpaired) electrons. The van der Waals surface area contributed by atoms with Crippen LogP contribution in [0.1, 0.15) is 28.4 Å². The van der Waals surface area contributed by atoms with Gasteiger partial charge < -0.3 is 14.6 Å². The molecule has 0 fully saturated rings. The summed E-state index contributed by atoms with van der Waals surface area (Å²) in [4.78, 5) is 21.3. The van der Waals surface area contributed by atoms with Crippen molar-refractivity contribution in [1.82, 2.24) is 0 Å². The lowest BCUT2D eigenvalue weighted by molar-refractivity contribution is -0.384. The van der Waals surface area contributed by atoms with E-state index in [1.807, 2.05) is 13.0 Å². The zero-order valence-corrected chi connectivity index (χ0v) is 19.7. The summed E-state index contributed by atoms with van der Waals surface area (Å²) in [5, 5.41) is 23.9. The Morgan fingerprint density at radius 2 is 1.85 bits per heavy atom. The maximum absolute atomic E-state index is 11.0. The summed E-state index contributed by atoms with van der Waals surface area (Å²) in [6.45, 7) is 2.57. The van der Waals surface area contributed by atoms with Gasteiger partial charge >= 0.3 is 5.97 Å². The number of hydrazone groups is 1. The number of benzene rings is 3. The number of rotatable bonds is 10. The Bertz CT molecular complexity index is 1160. The molecule has 0 saturated carbocycles. The molecule has 0 aromatic heterocycles. The summed E-state index contributed by atoms with van der Waals surface area (Å²) in [6, 6.07) is 16.1. The molecule has 0 aliphatic carbocycles. The van der Waals surface area contributed by atoms with Gasteiger partial charge in [-0.1, -0.05) is 12.1 Å². The van der Waals surface area contributed by atoms with E-state index in [9.17, 15) is 14.9 Å². The van der Waals surface area contributed by atoms with E-state index >= 15 is 0 Å². The Hall–Kier alpha value is -3.67. The van der Waals surface area contributed by atoms with E-state index in [0.29, 0.717) is 23.8 Å². The molecule has 0 bridgehead atoms. The second-order valence-electron chi connectivity index (χ2n) is 6.73. The minimum Gasteiger partial charge on any atom is -0.490 e. The fraction of sp³-hybridized carbons (Fsp3) is 0.130. The van der Waals surface area contributed by atoms with Gasteiger partial charge in [0.15, 0.2) is 11.5 Å². The molecule has 0 unspecified atom stereocenters. The highest BCUT2D eigenvalue weighted by atomic mass is 127. The highest BCUT2D eigenvalue weighted by molar-refractivity contribution is 14.1. The van der Waals surface area contributed by atoms with Crippen LogP contribution in [0, 0.1) is 13.7 Å². The Morgan fingerprint density at radius 3 is 2.45 bits per heavy atom. The van der Waals surface area contributed by atoms with Crippen LogP contribution in [0.25, 0.3) is 0 Å². The molecule has 9 nitrogen and oxygen atoms in total. The highest BCUT2D eigenvalue weighted by Crippen LogP contribution is 2.34. The van der Waals surface area contributed by atoms with Gasteiger partial charge in [-0.2, -0.15) is 5.10 Å². The first-order valence-corrected chi connectivity index (χ1v) is 10.9. The minimum atomic E-state index is -0.976. The summed E-state index contributed by atoms with van der Waals surface area (Å²) < 4.78 is 12.5. The fourth-order valence-corrected chi connectivity index (χ4v) is 3.58. The Morgan fingerprint density at radius 1 is 1.15 bits per heavy atom. The molecule has 0 aliphatic rings. The van der Waals surface area contributed by atoms with E-state index in [2.05, 4.69) is 33.1 Å². The lowest BCUT2D eigenvalue weighted by Gasteiger charge is -2.15. The fourth-order valence-electron chi connectivity index (χ4n) is 2.80. The van der Waals surface area contributed by atoms with Crippen LogP contribution in [0.4, 0.5) is 11.4 Å². The molecule has 3 aromatic carbocycles. The Labute approximate surface area is 203 Å². The van der Waals surface area contributed by atoms with Gasteiger partial charge in [0.05, 0.1) is 32.6 Å². The van der Waals surface area contributed by atoms with Crippen LogP contribution in [-0.2, 0) is 6.61 Å². The summed E-state index contributed by atoms with van der Waals surface area (Å²) >= 11 is 2.15. The van der Waals surface area contributed by atoms with Gasteiger partial charge in [-0.05, 0) is 77.0 Å². The molecule has 3 rings (SSSR count). The van der Waals surface area contributed by atoms with Crippen molar-refractivity contribution in [2.24, 2.45) is 5.10 Å². The number of nitrogens with one attached hydrogen (secondary N) is 1. The number of carboxylic acid groups (broad SMARTS) is 1. The second-order valence-corrected chi connectivity index (χ2v) is 7.89. The Balaban J connectivity index is 1.71. The first kappa shape index (κ1) is 24.0. The lowest BCUT2D eigenvalue weighted by Crippen LogP contribution is -2.03. The molecule has 0 heterocycles. The largest absolute Gasteiger partial charge is 0.490 e. The number of aromatic carboxylic acids is 1. The number of ether oxygens (including phenoxy) is 2. The quantitative estimate of drug-likeness (QED) is 0.149. The predicted molar refractivity (Wildman–Crippen MR) is 132 cm³/mol. The summed E-state index contributed by atoms with van der Waals surface area (Å²) in [5.41, 5.74) is 5.28. The van der Waals surface area contributed by atoms with Gasteiger partial charge in [-0.15, -0.1) is 0 Å². The van der Waals surface area contributed by atoms with Gasteiger partial charge in [0.25, 0.3) is 5.69 Å². The zero-order chi connectivity index (χ0) is 23.8. The van der Waals surface area contributed by atoms with Gasteiger partial charge in [-0.3, -0.25) is 15.5 Å². The summed E-state index contributed by atoms with van der Waals surface area (Å²) in [6.07, 6.45) is 1.61. The molecule has 0 amide bonds. The number of non-ortho nitro benzene ring substituents is 1. The standard InChI is InChI=1S/C23H20IN3O6/c1-2-32-21-12-16(13-25-26-18-7-9-19(10-8-18)27(30)31)11-20(24)22(21)33-14-15-3-5-17(6-4-15)23(28)29/h3-13,26H,2,14H2,1H3,(H,28,29)/b25-13+. The van der Waals surface area contributed by atoms with Crippen molar-refractivity contribution in [3.05, 3.63) is 91.0 Å². The van der Waals surface area contributed by atoms with Crippen LogP contribution in [0.5, 0.6) is 11.5 Å². The number of carbonyl (C=O) groups is 1. The van der Waals surface area contributed by atoms with Gasteiger partial charge in [0, 0.05) is 12.1 Å². The molecular weight excluding hydrogens is 541 g/mol. The molecule has 33 heavy (non-hydrogen) atoms. The summed E-state index contributed by atoms with van der Waals surface area (Å²) in [5.74, 6) is 0.166. The lowest BCUT2D eigenvalue weighted by atomic mass is 10.1. The van der Waals surface area contributed by atoms with Gasteiger partial charge in [0.1, 0.15) is 6.61 Å². The van der Waals surface area contributed by atoms with Crippen molar-refractivity contribution in [1.29, 1.82) is 0 Å². The summed E-state index contributed by atoms with van der Waals surface area (Å²) in [7, 11) is 0. The predicted octanol–water partition coefficient (Wildman–Crippen LogP) is 5.32. The maximum atomic E-state index is 11.0. The first-order valence-electron chi connectivity index (χ1n) is 9.82. The van der Waals surface area contributed by atoms with Gasteiger partial charge in [0.2, 0.25) is 0 Å². The number of carboxylic acids is 1. The highest BCUT2D eigenvalue weighted by Gasteiger charge is 2.13. The molecule has 0 atom stereocenters. The van der Waals surface area contributed by atoms with Crippen LogP contribution < -0.4 is 14.9 Å². The van der Waals surface area contributed by atoms with Crippen molar-refractivity contribution >= 4 is 46.1 Å². The number of hydrogen-bond donors (Lipinski definition) is 2. The molecule has 10 heteroatoms. The normalized spacial score (nSPS) is 10.7. The monoisotopic (exact) mass is 561 g/mol. The molecule has 0 spiro atoms. The van der Waals surface area contributed by atoms with E-state index < -0.39 is 10.9 Å². The Kier molecular flexibility index (Phi) is 8.19. The third kappa shape index (κ3) is 6.65. The van der Waals surface area contributed by atoms with Crippen LogP contribution in [0.2, 0.25) is 0 Å². The van der Waals surface area contributed by atoms with Crippen molar-refractivity contribution in [2.75, 3.05) is 12.0 Å². The second kappa shape index (κ2) is 11.3. The number of nitro groups is 1. The maximum Gasteiger partial charge on any atom is 0.335 e. The smallest absolute Gasteiger partial charge is 0.335 e. The molecular formula is C23H20IN3O6. The van der Waals surface area contributed by atoms with Crippen LogP contribution in [-0.4, -0.2) is 28.8 Å². The van der Waals surface area contributed by atoms with E-state index in [0.717, 1.165) is 14.7 Å². The van der Waals surface area contributed by atoms with Gasteiger partial charge in [-0.25, -0.2) is 4.79 Å². The third-order valence-corrected chi connectivity index (χ3v) is 5.20. The topological polar surface area (TPSA) is 123 Å². The van der Waals surface area contributed by atoms with Crippen molar-refractivity contribution in [3.8, 4) is 11.5 Å². The van der Waals surface area contributed by atoms with E-state index in [1.54, 1.807) is 36.5 Å². The number of halogens is 1. The SMILES string of the molecule is CCOc1cc(/C=N/Nc2ccc([N+](=O)[O-])cc2)cc(I)c1OCc1ccc(C(=O)O)cc1. The van der Waals surface area contributed by atoms with Crippen molar-refractivity contribution in [2.45, 2.75) is 13.5 Å². The van der Waals surface area contributed by atoms with Crippen LogP contribution in [0.15, 0.2) is 65.8 Å². The number of nitro benzene ring substituents is 1. The average molecular weight is 561 g/mol. The van der Waals surface area contributed by atoms with Crippen molar-refractivity contribution < 1.29 is 24.3 Å².